The van der Waals surface area contributed by atoms with Gasteiger partial charge in [-0.05, 0) is 94.1 Å². The van der Waals surface area contributed by atoms with Gasteiger partial charge in [-0.3, -0.25) is 0 Å². The highest BCUT2D eigenvalue weighted by atomic mass is 79.9. The molecule has 0 saturated carbocycles. The Balaban J connectivity index is 0.000000294. The van der Waals surface area contributed by atoms with Crippen LogP contribution in [0.3, 0.4) is 0 Å². The van der Waals surface area contributed by atoms with E-state index in [0.29, 0.717) is 15.8 Å². The molecule has 198 valence electrons. The maximum absolute atomic E-state index is 11.5. The molecule has 0 spiro atoms. The molecule has 0 radical (unpaired) electrons. The minimum atomic E-state index is -0.983. The van der Waals surface area contributed by atoms with Crippen molar-refractivity contribution in [1.29, 1.82) is 0 Å². The van der Waals surface area contributed by atoms with E-state index < -0.39 is 11.9 Å². The molecule has 0 bridgehead atoms. The van der Waals surface area contributed by atoms with E-state index in [4.69, 9.17) is 9.84 Å². The number of hydrogen-bond acceptors (Lipinski definition) is 3. The fourth-order valence-corrected chi connectivity index (χ4v) is 4.39. The first kappa shape index (κ1) is 30.1. The van der Waals surface area contributed by atoms with Crippen LogP contribution in [0.25, 0.3) is 0 Å². The minimum Gasteiger partial charge on any atom is -0.478 e. The molecule has 6 heteroatoms. The van der Waals surface area contributed by atoms with Gasteiger partial charge >= 0.3 is 11.9 Å². The molecular formula is C31H37BrO5. The van der Waals surface area contributed by atoms with Crippen molar-refractivity contribution in [2.24, 2.45) is 0 Å². The first-order valence-electron chi connectivity index (χ1n) is 12.1. The van der Waals surface area contributed by atoms with E-state index in [-0.39, 0.29) is 16.4 Å². The number of aromatic carboxylic acids is 2. The monoisotopic (exact) mass is 568 g/mol. The van der Waals surface area contributed by atoms with Gasteiger partial charge in [0.2, 0.25) is 0 Å². The lowest BCUT2D eigenvalue weighted by atomic mass is 9.86. The van der Waals surface area contributed by atoms with Gasteiger partial charge in [-0.25, -0.2) is 9.59 Å². The lowest BCUT2D eigenvalue weighted by molar-refractivity contribution is 0.0684. The summed E-state index contributed by atoms with van der Waals surface area (Å²) in [6.45, 7) is 18.5. The molecule has 0 aliphatic rings. The molecular weight excluding hydrogens is 532 g/mol. The second-order valence-corrected chi connectivity index (χ2v) is 12.2. The van der Waals surface area contributed by atoms with Crippen molar-refractivity contribution in [3.8, 4) is 11.5 Å². The third kappa shape index (κ3) is 7.93. The summed E-state index contributed by atoms with van der Waals surface area (Å²) in [5.41, 5.74) is 5.77. The number of carbonyl (C=O) groups is 2. The minimum absolute atomic E-state index is 0.0412. The van der Waals surface area contributed by atoms with E-state index in [1.165, 1.54) is 0 Å². The Morgan fingerprint density at radius 3 is 1.54 bits per heavy atom. The second-order valence-electron chi connectivity index (χ2n) is 11.3. The van der Waals surface area contributed by atoms with Gasteiger partial charge in [0.25, 0.3) is 0 Å². The molecule has 37 heavy (non-hydrogen) atoms. The third-order valence-corrected chi connectivity index (χ3v) is 6.62. The lowest BCUT2D eigenvalue weighted by Crippen LogP contribution is -2.12. The molecule has 3 aromatic rings. The summed E-state index contributed by atoms with van der Waals surface area (Å²) in [4.78, 5) is 22.3. The molecule has 0 saturated heterocycles. The normalized spacial score (nSPS) is 11.4. The predicted octanol–water partition coefficient (Wildman–Crippen LogP) is 8.84. The van der Waals surface area contributed by atoms with Crippen molar-refractivity contribution in [3.05, 3.63) is 91.9 Å². The van der Waals surface area contributed by atoms with Crippen LogP contribution in [-0.2, 0) is 10.8 Å². The van der Waals surface area contributed by atoms with Crippen LogP contribution in [0.4, 0.5) is 0 Å². The fourth-order valence-electron chi connectivity index (χ4n) is 3.84. The number of benzene rings is 3. The fraction of sp³-hybridized carbons (Fsp3) is 0.355. The summed E-state index contributed by atoms with van der Waals surface area (Å²) >= 11 is 3.26. The smallest absolute Gasteiger partial charge is 0.339 e. The largest absolute Gasteiger partial charge is 0.478 e. The van der Waals surface area contributed by atoms with Gasteiger partial charge in [0.15, 0.2) is 0 Å². The zero-order chi connectivity index (χ0) is 28.3. The number of hydrogen-bond donors (Lipinski definition) is 2. The Bertz CT molecular complexity index is 1290. The topological polar surface area (TPSA) is 83.8 Å². The predicted molar refractivity (Wildman–Crippen MR) is 153 cm³/mol. The number of halogens is 1. The highest BCUT2D eigenvalue weighted by Crippen LogP contribution is 2.35. The second kappa shape index (κ2) is 11.5. The molecule has 5 nitrogen and oxygen atoms in total. The van der Waals surface area contributed by atoms with E-state index in [2.05, 4.69) is 57.5 Å². The molecule has 3 rings (SSSR count). The van der Waals surface area contributed by atoms with Gasteiger partial charge in [0, 0.05) is 4.47 Å². The summed E-state index contributed by atoms with van der Waals surface area (Å²) in [6.07, 6.45) is 0. The van der Waals surface area contributed by atoms with Gasteiger partial charge in [0.05, 0.1) is 5.56 Å². The molecule has 0 unspecified atom stereocenters. The molecule has 0 aromatic heterocycles. The summed E-state index contributed by atoms with van der Waals surface area (Å²) in [7, 11) is 0. The van der Waals surface area contributed by atoms with E-state index in [1.54, 1.807) is 12.1 Å². The number of aryl methyl sites for hydroxylation is 3. The van der Waals surface area contributed by atoms with Gasteiger partial charge in [-0.2, -0.15) is 0 Å². The Kier molecular flexibility index (Phi) is 9.37. The van der Waals surface area contributed by atoms with E-state index in [1.807, 2.05) is 57.2 Å². The Morgan fingerprint density at radius 2 is 1.14 bits per heavy atom. The number of carboxylic acid groups (broad SMARTS) is 2. The zero-order valence-corrected chi connectivity index (χ0v) is 24.7. The van der Waals surface area contributed by atoms with Crippen LogP contribution >= 0.6 is 15.9 Å². The number of rotatable bonds is 4. The van der Waals surface area contributed by atoms with Crippen LogP contribution in [0.5, 0.6) is 11.5 Å². The molecule has 0 amide bonds. The molecule has 3 aromatic carbocycles. The lowest BCUT2D eigenvalue weighted by Gasteiger charge is -2.21. The zero-order valence-electron chi connectivity index (χ0n) is 23.1. The summed E-state index contributed by atoms with van der Waals surface area (Å²) in [6, 6.07) is 14.7. The maximum atomic E-state index is 11.5. The maximum Gasteiger partial charge on any atom is 0.339 e. The molecule has 0 fully saturated rings. The SMILES string of the molecule is CC(C)(C)c1ccc(C(=O)O)c(Br)c1.Cc1cc(C)c(Oc2cc(C(C)(C)C)ccc2C(=O)O)c(C)c1. The van der Waals surface area contributed by atoms with Crippen molar-refractivity contribution >= 4 is 27.9 Å². The Labute approximate surface area is 228 Å². The Hall–Kier alpha value is -3.12. The van der Waals surface area contributed by atoms with Crippen molar-refractivity contribution < 1.29 is 24.5 Å². The average Bonchev–Trinajstić information content (AvgIpc) is 2.74. The van der Waals surface area contributed by atoms with Gasteiger partial charge in [-0.1, -0.05) is 71.4 Å². The van der Waals surface area contributed by atoms with Gasteiger partial charge in [0.1, 0.15) is 17.1 Å². The summed E-state index contributed by atoms with van der Waals surface area (Å²) in [5.74, 6) is -0.774. The van der Waals surface area contributed by atoms with Crippen LogP contribution in [0.15, 0.2) is 53.0 Å². The van der Waals surface area contributed by atoms with Crippen LogP contribution in [0.1, 0.15) is 90.1 Å². The number of ether oxygens (including phenoxy) is 1. The van der Waals surface area contributed by atoms with Crippen molar-refractivity contribution in [2.75, 3.05) is 0 Å². The molecule has 0 aliphatic heterocycles. The number of carboxylic acids is 2. The van der Waals surface area contributed by atoms with Crippen molar-refractivity contribution in [3.63, 3.8) is 0 Å². The highest BCUT2D eigenvalue weighted by molar-refractivity contribution is 9.10. The molecule has 2 N–H and O–H groups in total. The van der Waals surface area contributed by atoms with Crippen LogP contribution in [-0.4, -0.2) is 22.2 Å². The third-order valence-electron chi connectivity index (χ3n) is 5.96. The molecule has 0 aliphatic carbocycles. The molecule has 0 heterocycles. The highest BCUT2D eigenvalue weighted by Gasteiger charge is 2.20. The van der Waals surface area contributed by atoms with Crippen LogP contribution < -0.4 is 4.74 Å². The van der Waals surface area contributed by atoms with Crippen LogP contribution in [0, 0.1) is 20.8 Å². The van der Waals surface area contributed by atoms with E-state index in [9.17, 15) is 14.7 Å². The van der Waals surface area contributed by atoms with Crippen molar-refractivity contribution in [1.82, 2.24) is 0 Å². The Morgan fingerprint density at radius 1 is 0.703 bits per heavy atom. The van der Waals surface area contributed by atoms with E-state index in [0.717, 1.165) is 33.6 Å². The standard InChI is InChI=1S/C20H24O3.C11H13BrO2/c1-12-9-13(2)18(14(3)10-12)23-17-11-15(20(4,5)6)7-8-16(17)19(21)22;1-11(2,3)7-4-5-8(10(13)14)9(12)6-7/h7-11H,1-6H3,(H,21,22);4-6H,1-3H3,(H,13,14). The first-order chi connectivity index (χ1) is 16.9. The quantitative estimate of drug-likeness (QED) is 0.328. The summed E-state index contributed by atoms with van der Waals surface area (Å²) < 4.78 is 6.68. The molecule has 0 atom stereocenters. The van der Waals surface area contributed by atoms with Gasteiger partial charge in [-0.15, -0.1) is 0 Å². The van der Waals surface area contributed by atoms with Gasteiger partial charge < -0.3 is 14.9 Å². The van der Waals surface area contributed by atoms with Crippen molar-refractivity contribution in [2.45, 2.75) is 73.1 Å². The first-order valence-corrected chi connectivity index (χ1v) is 12.9. The summed E-state index contributed by atoms with van der Waals surface area (Å²) in [5, 5.41) is 18.3. The average molecular weight is 570 g/mol. The van der Waals surface area contributed by atoms with Crippen LogP contribution in [0.2, 0.25) is 0 Å². The van der Waals surface area contributed by atoms with E-state index >= 15 is 0 Å².